The Labute approximate surface area is 71.6 Å². The fourth-order valence-electron chi connectivity index (χ4n) is 0. The SMILES string of the molecule is Cl.[Au+].[Cl-].[Cl-].[Cl-]. The average molecular weight is 340 g/mol. The van der Waals surface area contributed by atoms with Gasteiger partial charge < -0.3 is 37.2 Å². The van der Waals surface area contributed by atoms with Crippen molar-refractivity contribution in [3.8, 4) is 0 Å². The van der Waals surface area contributed by atoms with Crippen LogP contribution in [0.2, 0.25) is 0 Å². The van der Waals surface area contributed by atoms with E-state index in [1.807, 2.05) is 0 Å². The number of halogens is 4. The van der Waals surface area contributed by atoms with Crippen LogP contribution in [0.15, 0.2) is 0 Å². The van der Waals surface area contributed by atoms with Crippen LogP contribution in [-0.4, -0.2) is 0 Å². The average Bonchev–Trinajstić information content (AvgIpc) is 0. The predicted molar refractivity (Wildman–Crippen MR) is 7.25 cm³/mol. The molecule has 5 heteroatoms. The Morgan fingerprint density at radius 1 is 0.600 bits per heavy atom. The summed E-state index contributed by atoms with van der Waals surface area (Å²) in [5.74, 6) is 0. The first kappa shape index (κ1) is 66.5. The Morgan fingerprint density at radius 3 is 0.600 bits per heavy atom. The number of hydrogen-bond acceptors (Lipinski definition) is 0. The van der Waals surface area contributed by atoms with Gasteiger partial charge in [-0.1, -0.05) is 0 Å². The maximum atomic E-state index is 0. The Morgan fingerprint density at radius 2 is 0.600 bits per heavy atom. The second-order valence-corrected chi connectivity index (χ2v) is 0. The van der Waals surface area contributed by atoms with Gasteiger partial charge in [0.05, 0.1) is 0 Å². The molecular weight excluding hydrogens is 339 g/mol. The van der Waals surface area contributed by atoms with Crippen molar-refractivity contribution in [2.45, 2.75) is 0 Å². The van der Waals surface area contributed by atoms with Gasteiger partial charge in [-0.25, -0.2) is 0 Å². The van der Waals surface area contributed by atoms with Crippen molar-refractivity contribution < 1.29 is 59.6 Å². The van der Waals surface area contributed by atoms with Gasteiger partial charge in [0.2, 0.25) is 0 Å². The van der Waals surface area contributed by atoms with Gasteiger partial charge in [-0.2, -0.15) is 0 Å². The molecule has 0 radical (unpaired) electrons. The maximum Gasteiger partial charge on any atom is 1.00 e. The topological polar surface area (TPSA) is 0 Å². The van der Waals surface area contributed by atoms with Crippen LogP contribution < -0.4 is 37.2 Å². The molecule has 0 bridgehead atoms. The molecule has 0 atom stereocenters. The summed E-state index contributed by atoms with van der Waals surface area (Å²) < 4.78 is 0. The Bertz CT molecular complexity index is 3.61. The van der Waals surface area contributed by atoms with Crippen molar-refractivity contribution in [1.29, 1.82) is 0 Å². The van der Waals surface area contributed by atoms with E-state index in [4.69, 9.17) is 0 Å². The largest absolute Gasteiger partial charge is 1.00 e. The molecule has 0 aromatic carbocycles. The van der Waals surface area contributed by atoms with Crippen LogP contribution in [-0.2, 0) is 22.4 Å². The zero-order chi connectivity index (χ0) is 0. The van der Waals surface area contributed by atoms with Crippen LogP contribution in [0.5, 0.6) is 0 Å². The molecule has 0 fully saturated rings. The summed E-state index contributed by atoms with van der Waals surface area (Å²) in [4.78, 5) is 0. The summed E-state index contributed by atoms with van der Waals surface area (Å²) in [6.45, 7) is 0. The number of rotatable bonds is 0. The molecule has 0 heterocycles. The molecule has 0 aliphatic heterocycles. The van der Waals surface area contributed by atoms with E-state index in [0.717, 1.165) is 0 Å². The Balaban J connectivity index is 0. The summed E-state index contributed by atoms with van der Waals surface area (Å²) in [6.07, 6.45) is 0. The van der Waals surface area contributed by atoms with Gasteiger partial charge in [0.15, 0.2) is 0 Å². The van der Waals surface area contributed by atoms with Gasteiger partial charge in [-0.15, -0.1) is 12.4 Å². The molecule has 0 saturated carbocycles. The van der Waals surface area contributed by atoms with Crippen molar-refractivity contribution in [2.24, 2.45) is 0 Å². The molecule has 0 aromatic rings. The van der Waals surface area contributed by atoms with Gasteiger partial charge >= 0.3 is 22.4 Å². The molecule has 0 unspecified atom stereocenters. The molecule has 0 aliphatic carbocycles. The van der Waals surface area contributed by atoms with E-state index in [1.165, 1.54) is 0 Å². The minimum atomic E-state index is 0. The molecule has 42 valence electrons. The Hall–Kier alpha value is 1.90. The van der Waals surface area contributed by atoms with E-state index >= 15 is 0 Å². The van der Waals surface area contributed by atoms with Gasteiger partial charge in [-0.3, -0.25) is 0 Å². The van der Waals surface area contributed by atoms with E-state index in [0.29, 0.717) is 0 Å². The van der Waals surface area contributed by atoms with Crippen LogP contribution in [0.1, 0.15) is 0 Å². The summed E-state index contributed by atoms with van der Waals surface area (Å²) in [5, 5.41) is 0. The molecule has 0 aliphatic rings. The van der Waals surface area contributed by atoms with E-state index in [-0.39, 0.29) is 72.0 Å². The fourth-order valence-corrected chi connectivity index (χ4v) is 0. The molecule has 0 N–H and O–H groups in total. The summed E-state index contributed by atoms with van der Waals surface area (Å²) in [6, 6.07) is 0. The standard InChI is InChI=1S/Au.4ClH/h;4*1H/q+1;;;;/p-3. The third-order valence-electron chi connectivity index (χ3n) is 0. The van der Waals surface area contributed by atoms with Crippen molar-refractivity contribution >= 4 is 12.4 Å². The summed E-state index contributed by atoms with van der Waals surface area (Å²) in [7, 11) is 0. The van der Waals surface area contributed by atoms with Crippen LogP contribution in [0.4, 0.5) is 0 Å². The van der Waals surface area contributed by atoms with Crippen molar-refractivity contribution in [3.05, 3.63) is 0 Å². The third kappa shape index (κ3) is 24.9. The van der Waals surface area contributed by atoms with Crippen molar-refractivity contribution in [2.75, 3.05) is 0 Å². The first-order valence-electron chi connectivity index (χ1n) is 0. The molecular formula is HAuCl4-2. The van der Waals surface area contributed by atoms with Crippen LogP contribution >= 0.6 is 12.4 Å². The molecule has 5 heavy (non-hydrogen) atoms. The smallest absolute Gasteiger partial charge is 1.00 e. The monoisotopic (exact) mass is 338 g/mol. The van der Waals surface area contributed by atoms with Gasteiger partial charge in [0, 0.05) is 0 Å². The van der Waals surface area contributed by atoms with E-state index in [9.17, 15) is 0 Å². The molecule has 0 aromatic heterocycles. The first-order valence-corrected chi connectivity index (χ1v) is 0. The molecule has 0 amide bonds. The quantitative estimate of drug-likeness (QED) is 0.385. The molecule has 0 saturated heterocycles. The first-order chi connectivity index (χ1) is 0. The van der Waals surface area contributed by atoms with Crippen LogP contribution in [0.25, 0.3) is 0 Å². The van der Waals surface area contributed by atoms with Gasteiger partial charge in [0.1, 0.15) is 0 Å². The predicted octanol–water partition coefficient (Wildman–Crippen LogP) is -8.57. The van der Waals surface area contributed by atoms with Gasteiger partial charge in [-0.05, 0) is 0 Å². The minimum Gasteiger partial charge on any atom is -1.00 e. The van der Waals surface area contributed by atoms with Gasteiger partial charge in [0.25, 0.3) is 0 Å². The molecule has 0 rings (SSSR count). The fraction of sp³-hybridized carbons (Fsp3) is 0. The van der Waals surface area contributed by atoms with E-state index < -0.39 is 0 Å². The molecule has 0 nitrogen and oxygen atoms in total. The summed E-state index contributed by atoms with van der Waals surface area (Å²) >= 11 is 0. The minimum absolute atomic E-state index is 0. The third-order valence-corrected chi connectivity index (χ3v) is 0. The zero-order valence-electron chi connectivity index (χ0n) is 1.84. The van der Waals surface area contributed by atoms with E-state index in [2.05, 4.69) is 0 Å². The zero-order valence-corrected chi connectivity index (χ0v) is 7.09. The van der Waals surface area contributed by atoms with Crippen molar-refractivity contribution in [3.63, 3.8) is 0 Å². The summed E-state index contributed by atoms with van der Waals surface area (Å²) in [5.41, 5.74) is 0. The molecule has 0 spiro atoms. The second-order valence-electron chi connectivity index (χ2n) is 0. The second kappa shape index (κ2) is 39.2. The number of hydrogen-bond donors (Lipinski definition) is 0. The Kier molecular flexibility index (Phi) is 522. The van der Waals surface area contributed by atoms with Crippen molar-refractivity contribution in [1.82, 2.24) is 0 Å². The van der Waals surface area contributed by atoms with E-state index in [1.54, 1.807) is 0 Å². The maximum absolute atomic E-state index is 0. The van der Waals surface area contributed by atoms with Crippen LogP contribution in [0.3, 0.4) is 0 Å². The normalized spacial score (nSPS) is 0. The van der Waals surface area contributed by atoms with Crippen LogP contribution in [0, 0.1) is 0 Å².